The van der Waals surface area contributed by atoms with E-state index in [1.165, 1.54) is 11.8 Å². The molecular weight excluding hydrogens is 462 g/mol. The first-order valence-electron chi connectivity index (χ1n) is 8.25. The average molecular weight is 475 g/mol. The van der Waals surface area contributed by atoms with E-state index in [1.54, 1.807) is 22.6 Å². The van der Waals surface area contributed by atoms with Crippen molar-refractivity contribution < 1.29 is 9.53 Å². The second kappa shape index (κ2) is 7.95. The molecule has 0 saturated carbocycles. The predicted molar refractivity (Wildman–Crippen MR) is 117 cm³/mol. The molecular formula is C20H13BrClN3O2S. The summed E-state index contributed by atoms with van der Waals surface area (Å²) in [5.74, 6) is 0.361. The molecule has 0 bridgehead atoms. The van der Waals surface area contributed by atoms with Crippen LogP contribution in [0.2, 0.25) is 5.02 Å². The van der Waals surface area contributed by atoms with E-state index in [1.807, 2.05) is 42.5 Å². The number of amidine groups is 2. The van der Waals surface area contributed by atoms with Crippen LogP contribution in [0, 0.1) is 5.41 Å². The minimum Gasteiger partial charge on any atom is -0.488 e. The van der Waals surface area contributed by atoms with E-state index in [4.69, 9.17) is 21.7 Å². The van der Waals surface area contributed by atoms with Crippen molar-refractivity contribution in [1.82, 2.24) is 4.90 Å². The molecule has 2 aliphatic heterocycles. The second-order valence-electron chi connectivity index (χ2n) is 5.95. The molecule has 0 saturated heterocycles. The zero-order valence-electron chi connectivity index (χ0n) is 14.4. The molecule has 0 aromatic heterocycles. The molecule has 2 aliphatic rings. The number of nitrogens with one attached hydrogen (secondary N) is 1. The normalized spacial score (nSPS) is 17.1. The van der Waals surface area contributed by atoms with Crippen LogP contribution in [0.3, 0.4) is 0 Å². The van der Waals surface area contributed by atoms with Gasteiger partial charge in [-0.05, 0) is 51.2 Å². The molecule has 0 unspecified atom stereocenters. The molecule has 1 N–H and O–H groups in total. The van der Waals surface area contributed by atoms with Gasteiger partial charge in [-0.2, -0.15) is 4.99 Å². The smallest absolute Gasteiger partial charge is 0.283 e. The van der Waals surface area contributed by atoms with Crippen LogP contribution in [-0.4, -0.2) is 21.8 Å². The summed E-state index contributed by atoms with van der Waals surface area (Å²) in [6.45, 7) is 0.346. The van der Waals surface area contributed by atoms with Crippen molar-refractivity contribution in [3.63, 3.8) is 0 Å². The topological polar surface area (TPSA) is 65.8 Å². The Morgan fingerprint density at radius 3 is 2.89 bits per heavy atom. The molecule has 0 spiro atoms. The Bertz CT molecular complexity index is 1080. The van der Waals surface area contributed by atoms with Gasteiger partial charge in [-0.3, -0.25) is 15.1 Å². The number of hydrogen-bond acceptors (Lipinski definition) is 4. The molecule has 2 heterocycles. The van der Waals surface area contributed by atoms with Gasteiger partial charge in [0.05, 0.1) is 10.0 Å². The standard InChI is InChI=1S/C20H13BrClN3O2S/c21-15-10-12(5-6-17(15)27-11-13-3-1-2-4-16(13)22)9-14-18(23)25-7-8-28-20(25)24-19(14)26/h1-10,23H,11H2. The Morgan fingerprint density at radius 1 is 1.29 bits per heavy atom. The summed E-state index contributed by atoms with van der Waals surface area (Å²) in [7, 11) is 0. The number of hydrogen-bond donors (Lipinski definition) is 1. The van der Waals surface area contributed by atoms with Gasteiger partial charge in [0, 0.05) is 16.8 Å². The van der Waals surface area contributed by atoms with E-state index >= 15 is 0 Å². The van der Waals surface area contributed by atoms with Crippen LogP contribution in [0.4, 0.5) is 0 Å². The highest BCUT2D eigenvalue weighted by molar-refractivity contribution is 9.10. The van der Waals surface area contributed by atoms with E-state index < -0.39 is 5.91 Å². The number of carbonyl (C=O) groups excluding carboxylic acids is 1. The SMILES string of the molecule is N=C1C(=Cc2ccc(OCc3ccccc3Cl)c(Br)c2)C(=O)N=C2SC=CN12. The highest BCUT2D eigenvalue weighted by atomic mass is 79.9. The van der Waals surface area contributed by atoms with Crippen LogP contribution in [0.5, 0.6) is 5.75 Å². The number of thioether (sulfide) groups is 1. The Morgan fingerprint density at radius 2 is 2.11 bits per heavy atom. The molecule has 0 atom stereocenters. The lowest BCUT2D eigenvalue weighted by atomic mass is 10.1. The maximum atomic E-state index is 12.3. The van der Waals surface area contributed by atoms with Crippen molar-refractivity contribution in [3.05, 3.63) is 80.3 Å². The van der Waals surface area contributed by atoms with Gasteiger partial charge >= 0.3 is 0 Å². The third-order valence-electron chi connectivity index (χ3n) is 4.12. The zero-order chi connectivity index (χ0) is 19.7. The van der Waals surface area contributed by atoms with Crippen LogP contribution < -0.4 is 4.74 Å². The number of amides is 1. The van der Waals surface area contributed by atoms with Crippen molar-refractivity contribution in [2.24, 2.45) is 4.99 Å². The Kier molecular flexibility index (Phi) is 5.39. The number of nitrogens with zero attached hydrogens (tertiary/aromatic N) is 2. The van der Waals surface area contributed by atoms with Crippen LogP contribution in [0.1, 0.15) is 11.1 Å². The molecule has 5 nitrogen and oxygen atoms in total. The summed E-state index contributed by atoms with van der Waals surface area (Å²) < 4.78 is 6.58. The van der Waals surface area contributed by atoms with Crippen molar-refractivity contribution in [1.29, 1.82) is 5.41 Å². The maximum Gasteiger partial charge on any atom is 0.283 e. The van der Waals surface area contributed by atoms with E-state index in [0.717, 1.165) is 15.6 Å². The molecule has 28 heavy (non-hydrogen) atoms. The van der Waals surface area contributed by atoms with Crippen molar-refractivity contribution in [2.75, 3.05) is 0 Å². The molecule has 2 aromatic carbocycles. The fourth-order valence-electron chi connectivity index (χ4n) is 2.69. The quantitative estimate of drug-likeness (QED) is 0.598. The third kappa shape index (κ3) is 3.78. The lowest BCUT2D eigenvalue weighted by molar-refractivity contribution is -0.114. The number of ether oxygens (including phenoxy) is 1. The second-order valence-corrected chi connectivity index (χ2v) is 8.08. The first-order valence-corrected chi connectivity index (χ1v) is 10.3. The van der Waals surface area contributed by atoms with Gasteiger partial charge in [-0.15, -0.1) is 0 Å². The Balaban J connectivity index is 1.54. The molecule has 8 heteroatoms. The highest BCUT2D eigenvalue weighted by Crippen LogP contribution is 2.30. The molecule has 4 rings (SSSR count). The highest BCUT2D eigenvalue weighted by Gasteiger charge is 2.30. The van der Waals surface area contributed by atoms with Crippen molar-refractivity contribution in [2.45, 2.75) is 6.61 Å². The van der Waals surface area contributed by atoms with Crippen molar-refractivity contribution >= 4 is 62.3 Å². The van der Waals surface area contributed by atoms with Crippen LogP contribution >= 0.6 is 39.3 Å². The van der Waals surface area contributed by atoms with E-state index in [0.29, 0.717) is 22.5 Å². The number of benzene rings is 2. The summed E-state index contributed by atoms with van der Waals surface area (Å²) in [6, 6.07) is 13.0. The summed E-state index contributed by atoms with van der Waals surface area (Å²) in [6.07, 6.45) is 3.39. The number of rotatable bonds is 4. The molecule has 0 aliphatic carbocycles. The first-order chi connectivity index (χ1) is 13.5. The van der Waals surface area contributed by atoms with Crippen LogP contribution in [0.25, 0.3) is 6.08 Å². The van der Waals surface area contributed by atoms with E-state index in [-0.39, 0.29) is 11.4 Å². The van der Waals surface area contributed by atoms with Gasteiger partial charge in [0.15, 0.2) is 5.17 Å². The maximum absolute atomic E-state index is 12.3. The lowest BCUT2D eigenvalue weighted by Gasteiger charge is -2.22. The number of halogens is 2. The fraction of sp³-hybridized carbons (Fsp3) is 0.0500. The van der Waals surface area contributed by atoms with Crippen LogP contribution in [-0.2, 0) is 11.4 Å². The van der Waals surface area contributed by atoms with Crippen LogP contribution in [0.15, 0.2) is 69.1 Å². The monoisotopic (exact) mass is 473 g/mol. The van der Waals surface area contributed by atoms with Gasteiger partial charge < -0.3 is 4.74 Å². The summed E-state index contributed by atoms with van der Waals surface area (Å²) in [4.78, 5) is 17.9. The van der Waals surface area contributed by atoms with Gasteiger partial charge in [0.1, 0.15) is 18.2 Å². The minimum absolute atomic E-state index is 0.117. The zero-order valence-corrected chi connectivity index (χ0v) is 17.5. The summed E-state index contributed by atoms with van der Waals surface area (Å²) in [5, 5.41) is 11.2. The molecule has 0 radical (unpaired) electrons. The van der Waals surface area contributed by atoms with Crippen molar-refractivity contribution in [3.8, 4) is 5.75 Å². The Hall–Kier alpha value is -2.35. The fourth-order valence-corrected chi connectivity index (χ4v) is 4.10. The summed E-state index contributed by atoms with van der Waals surface area (Å²) >= 11 is 11.0. The largest absolute Gasteiger partial charge is 0.488 e. The number of carbonyl (C=O) groups is 1. The van der Waals surface area contributed by atoms with Gasteiger partial charge in [0.25, 0.3) is 5.91 Å². The summed E-state index contributed by atoms with van der Waals surface area (Å²) in [5.41, 5.74) is 1.90. The lowest BCUT2D eigenvalue weighted by Crippen LogP contribution is -2.35. The number of fused-ring (bicyclic) bond motifs is 1. The minimum atomic E-state index is -0.414. The van der Waals surface area contributed by atoms with Gasteiger partial charge in [0.2, 0.25) is 0 Å². The third-order valence-corrected chi connectivity index (χ3v) is 5.87. The molecule has 140 valence electrons. The van der Waals surface area contributed by atoms with E-state index in [9.17, 15) is 4.79 Å². The van der Waals surface area contributed by atoms with E-state index in [2.05, 4.69) is 20.9 Å². The van der Waals surface area contributed by atoms with Gasteiger partial charge in [-0.1, -0.05) is 47.6 Å². The molecule has 0 fully saturated rings. The Labute approximate surface area is 179 Å². The predicted octanol–water partition coefficient (Wildman–Crippen LogP) is 5.46. The molecule has 2 aromatic rings. The van der Waals surface area contributed by atoms with Gasteiger partial charge in [-0.25, -0.2) is 0 Å². The molecule has 1 amide bonds. The number of aliphatic imine (C=N–C) groups is 1. The average Bonchev–Trinajstić information content (AvgIpc) is 3.14. The first kappa shape index (κ1) is 19.0.